The first-order chi connectivity index (χ1) is 14.2. The highest BCUT2D eigenvalue weighted by Gasteiger charge is 2.47. The molecule has 1 heterocycles. The van der Waals surface area contributed by atoms with Crippen molar-refractivity contribution in [3.63, 3.8) is 0 Å². The van der Waals surface area contributed by atoms with Gasteiger partial charge < -0.3 is 9.64 Å². The van der Waals surface area contributed by atoms with Gasteiger partial charge in [0, 0.05) is 12.1 Å². The third-order valence-electron chi connectivity index (χ3n) is 6.06. The van der Waals surface area contributed by atoms with Crippen LogP contribution in [0.3, 0.4) is 0 Å². The van der Waals surface area contributed by atoms with Crippen LogP contribution >= 0.6 is 0 Å². The van der Waals surface area contributed by atoms with Gasteiger partial charge in [-0.05, 0) is 42.4 Å². The maximum absolute atomic E-state index is 13.1. The lowest BCUT2D eigenvalue weighted by Crippen LogP contribution is -2.46. The summed E-state index contributed by atoms with van der Waals surface area (Å²) in [4.78, 5) is 27.8. The van der Waals surface area contributed by atoms with E-state index < -0.39 is 6.04 Å². The summed E-state index contributed by atoms with van der Waals surface area (Å²) in [6, 6.07) is 19.1. The van der Waals surface area contributed by atoms with E-state index in [0.29, 0.717) is 12.3 Å². The summed E-state index contributed by atoms with van der Waals surface area (Å²) in [5, 5.41) is 0. The van der Waals surface area contributed by atoms with Gasteiger partial charge >= 0.3 is 5.97 Å². The van der Waals surface area contributed by atoms with E-state index in [-0.39, 0.29) is 24.5 Å². The highest BCUT2D eigenvalue weighted by molar-refractivity contribution is 5.95. The van der Waals surface area contributed by atoms with Gasteiger partial charge in [0.15, 0.2) is 0 Å². The number of likely N-dealkylation sites (tertiary alicyclic amines) is 1. The van der Waals surface area contributed by atoms with Gasteiger partial charge in [0.05, 0.1) is 0 Å². The lowest BCUT2D eigenvalue weighted by molar-refractivity contribution is -0.154. The first-order valence-corrected chi connectivity index (χ1v) is 10.5. The molecule has 1 amide bonds. The molecule has 1 saturated carbocycles. The fourth-order valence-electron chi connectivity index (χ4n) is 4.63. The molecule has 150 valence electrons. The number of esters is 1. The van der Waals surface area contributed by atoms with Crippen LogP contribution < -0.4 is 0 Å². The van der Waals surface area contributed by atoms with Crippen molar-refractivity contribution < 1.29 is 14.3 Å². The zero-order chi connectivity index (χ0) is 20.1. The second kappa shape index (κ2) is 9.08. The van der Waals surface area contributed by atoms with E-state index in [2.05, 4.69) is 0 Å². The van der Waals surface area contributed by atoms with Crippen LogP contribution in [-0.4, -0.2) is 28.9 Å². The quantitative estimate of drug-likeness (QED) is 0.554. The number of benzene rings is 2. The molecule has 4 nitrogen and oxygen atoms in total. The van der Waals surface area contributed by atoms with E-state index >= 15 is 0 Å². The topological polar surface area (TPSA) is 46.6 Å². The molecule has 0 aromatic heterocycles. The average Bonchev–Trinajstić information content (AvgIpc) is 3.17. The molecule has 29 heavy (non-hydrogen) atoms. The predicted molar refractivity (Wildman–Crippen MR) is 113 cm³/mol. The largest absolute Gasteiger partial charge is 0.459 e. The molecule has 0 radical (unpaired) electrons. The Morgan fingerprint density at radius 3 is 2.41 bits per heavy atom. The lowest BCUT2D eigenvalue weighted by Gasteiger charge is -2.32. The van der Waals surface area contributed by atoms with Gasteiger partial charge in [-0.15, -0.1) is 0 Å². The Kier molecular flexibility index (Phi) is 6.09. The zero-order valence-corrected chi connectivity index (χ0v) is 16.6. The molecule has 2 aliphatic rings. The van der Waals surface area contributed by atoms with Crippen LogP contribution in [0.4, 0.5) is 0 Å². The third-order valence-corrected chi connectivity index (χ3v) is 6.06. The Morgan fingerprint density at radius 1 is 0.966 bits per heavy atom. The number of nitrogens with zero attached hydrogens (tertiary/aromatic N) is 1. The first kappa shape index (κ1) is 19.4. The number of carbonyl (C=O) groups excluding carboxylic acids is 2. The van der Waals surface area contributed by atoms with Crippen LogP contribution in [0.15, 0.2) is 66.7 Å². The molecule has 1 saturated heterocycles. The van der Waals surface area contributed by atoms with Crippen LogP contribution in [-0.2, 0) is 20.9 Å². The summed E-state index contributed by atoms with van der Waals surface area (Å²) in [6.45, 7) is 0.243. The molecule has 2 aromatic rings. The van der Waals surface area contributed by atoms with E-state index in [9.17, 15) is 9.59 Å². The first-order valence-electron chi connectivity index (χ1n) is 10.5. The molecule has 3 atom stereocenters. The molecule has 3 unspecified atom stereocenters. The fraction of sp³-hybridized carbons (Fsp3) is 0.360. The third kappa shape index (κ3) is 4.58. The summed E-state index contributed by atoms with van der Waals surface area (Å²) in [6.07, 6.45) is 8.48. The van der Waals surface area contributed by atoms with Crippen molar-refractivity contribution in [1.29, 1.82) is 0 Å². The molecular weight excluding hydrogens is 362 g/mol. The Balaban J connectivity index is 1.48. The molecule has 1 aliphatic heterocycles. The molecule has 0 N–H and O–H groups in total. The molecule has 4 rings (SSSR count). The summed E-state index contributed by atoms with van der Waals surface area (Å²) in [7, 11) is 0. The van der Waals surface area contributed by atoms with Gasteiger partial charge in [-0.2, -0.15) is 0 Å². The Bertz CT molecular complexity index is 862. The SMILES string of the molecule is O=C(OCc1ccccc1)C1CC2CCCCC2N1C(=O)C=Cc1ccccc1. The van der Waals surface area contributed by atoms with E-state index in [0.717, 1.165) is 30.4 Å². The number of fused-ring (bicyclic) bond motifs is 1. The van der Waals surface area contributed by atoms with Crippen molar-refractivity contribution in [2.24, 2.45) is 5.92 Å². The number of hydrogen-bond acceptors (Lipinski definition) is 3. The number of rotatable bonds is 5. The van der Waals surface area contributed by atoms with Crippen molar-refractivity contribution in [3.8, 4) is 0 Å². The van der Waals surface area contributed by atoms with E-state index in [1.807, 2.05) is 66.7 Å². The second-order valence-corrected chi connectivity index (χ2v) is 7.95. The van der Waals surface area contributed by atoms with Crippen molar-refractivity contribution in [2.75, 3.05) is 0 Å². The van der Waals surface area contributed by atoms with Gasteiger partial charge in [0.25, 0.3) is 0 Å². The number of amides is 1. The van der Waals surface area contributed by atoms with Gasteiger partial charge in [-0.1, -0.05) is 73.5 Å². The van der Waals surface area contributed by atoms with Crippen LogP contribution in [0.5, 0.6) is 0 Å². The second-order valence-electron chi connectivity index (χ2n) is 7.95. The standard InChI is InChI=1S/C25H27NO3/c27-24(16-15-19-9-3-1-4-10-19)26-22-14-8-7-13-21(22)17-23(26)25(28)29-18-20-11-5-2-6-12-20/h1-6,9-12,15-16,21-23H,7-8,13-14,17-18H2. The normalized spacial score (nSPS) is 23.7. The average molecular weight is 389 g/mol. The zero-order valence-electron chi connectivity index (χ0n) is 16.6. The highest BCUT2D eigenvalue weighted by Crippen LogP contribution is 2.40. The predicted octanol–water partition coefficient (Wildman–Crippen LogP) is 4.60. The highest BCUT2D eigenvalue weighted by atomic mass is 16.5. The maximum Gasteiger partial charge on any atom is 0.329 e. The number of ether oxygens (including phenoxy) is 1. The van der Waals surface area contributed by atoms with Gasteiger partial charge in [-0.25, -0.2) is 4.79 Å². The Hall–Kier alpha value is -2.88. The Morgan fingerprint density at radius 2 is 1.66 bits per heavy atom. The fourth-order valence-corrected chi connectivity index (χ4v) is 4.63. The van der Waals surface area contributed by atoms with Gasteiger partial charge in [0.2, 0.25) is 5.91 Å². The summed E-state index contributed by atoms with van der Waals surface area (Å²) < 4.78 is 5.60. The minimum absolute atomic E-state index is 0.0927. The van der Waals surface area contributed by atoms with Gasteiger partial charge in [-0.3, -0.25) is 4.79 Å². The van der Waals surface area contributed by atoms with Crippen molar-refractivity contribution in [2.45, 2.75) is 50.8 Å². The monoisotopic (exact) mass is 389 g/mol. The molecular formula is C25H27NO3. The van der Waals surface area contributed by atoms with Crippen LogP contribution in [0.2, 0.25) is 0 Å². The van der Waals surface area contributed by atoms with Crippen molar-refractivity contribution >= 4 is 18.0 Å². The lowest BCUT2D eigenvalue weighted by atomic mass is 9.85. The molecule has 2 fully saturated rings. The smallest absolute Gasteiger partial charge is 0.329 e. The molecule has 0 bridgehead atoms. The van der Waals surface area contributed by atoms with Gasteiger partial charge in [0.1, 0.15) is 12.6 Å². The van der Waals surface area contributed by atoms with E-state index in [1.54, 1.807) is 11.0 Å². The molecule has 4 heteroatoms. The van der Waals surface area contributed by atoms with Crippen LogP contribution in [0.1, 0.15) is 43.2 Å². The van der Waals surface area contributed by atoms with E-state index in [4.69, 9.17) is 4.74 Å². The molecule has 0 spiro atoms. The van der Waals surface area contributed by atoms with Crippen LogP contribution in [0.25, 0.3) is 6.08 Å². The summed E-state index contributed by atoms with van der Waals surface area (Å²) in [5.74, 6) is 0.0155. The Labute approximate surface area is 172 Å². The van der Waals surface area contributed by atoms with E-state index in [1.165, 1.54) is 6.42 Å². The minimum Gasteiger partial charge on any atom is -0.459 e. The number of carbonyl (C=O) groups is 2. The summed E-state index contributed by atoms with van der Waals surface area (Å²) in [5.41, 5.74) is 1.93. The molecule has 2 aromatic carbocycles. The van der Waals surface area contributed by atoms with Crippen molar-refractivity contribution in [3.05, 3.63) is 77.9 Å². The maximum atomic E-state index is 13.1. The number of hydrogen-bond donors (Lipinski definition) is 0. The van der Waals surface area contributed by atoms with Crippen molar-refractivity contribution in [1.82, 2.24) is 4.90 Å². The van der Waals surface area contributed by atoms with Crippen LogP contribution in [0, 0.1) is 5.92 Å². The summed E-state index contributed by atoms with van der Waals surface area (Å²) >= 11 is 0. The molecule has 1 aliphatic carbocycles. The minimum atomic E-state index is -0.486.